The van der Waals surface area contributed by atoms with E-state index in [0.717, 1.165) is 61.4 Å². The molecule has 0 aliphatic heterocycles. The summed E-state index contributed by atoms with van der Waals surface area (Å²) in [6, 6.07) is 10.3. The second kappa shape index (κ2) is 12.2. The van der Waals surface area contributed by atoms with E-state index in [-0.39, 0.29) is 5.56 Å². The van der Waals surface area contributed by atoms with Gasteiger partial charge in [0.2, 0.25) is 5.56 Å². The topological polar surface area (TPSA) is 69.8 Å². The molecule has 2 aromatic heterocycles. The standard InChI is InChI=1S/C30H39ClN4O/c31-22-12-14-25-28(20-22)34-27-10-6-5-9-24(27)30(25)33-18-8-4-2-1-3-7-17-32-23-13-15-26-21(19-23)11-16-29(36)35-26/h11-12,14,16,20,23,32H,1-10,13,15,17-19H2,(H,33,34)(H,35,36). The van der Waals surface area contributed by atoms with Crippen LogP contribution in [-0.4, -0.2) is 29.1 Å². The van der Waals surface area contributed by atoms with Crippen molar-refractivity contribution in [1.82, 2.24) is 15.3 Å². The van der Waals surface area contributed by atoms with E-state index in [2.05, 4.69) is 21.7 Å². The Labute approximate surface area is 219 Å². The van der Waals surface area contributed by atoms with Crippen LogP contribution in [0.4, 0.5) is 5.69 Å². The zero-order valence-electron chi connectivity index (χ0n) is 21.3. The van der Waals surface area contributed by atoms with E-state index in [1.165, 1.54) is 79.3 Å². The summed E-state index contributed by atoms with van der Waals surface area (Å²) in [6.07, 6.45) is 15.4. The van der Waals surface area contributed by atoms with E-state index in [9.17, 15) is 4.79 Å². The molecule has 1 atom stereocenters. The normalized spacial score (nSPS) is 17.1. The Bertz CT molecular complexity index is 1240. The maximum atomic E-state index is 11.5. The minimum absolute atomic E-state index is 0.0195. The fourth-order valence-electron chi connectivity index (χ4n) is 5.90. The number of hydrogen-bond acceptors (Lipinski definition) is 4. The van der Waals surface area contributed by atoms with Gasteiger partial charge in [-0.1, -0.05) is 43.4 Å². The van der Waals surface area contributed by atoms with Crippen LogP contribution in [-0.2, 0) is 25.7 Å². The minimum Gasteiger partial charge on any atom is -0.384 e. The van der Waals surface area contributed by atoms with Crippen LogP contribution in [0, 0.1) is 0 Å². The third-order valence-corrected chi connectivity index (χ3v) is 8.11. The lowest BCUT2D eigenvalue weighted by Crippen LogP contribution is -2.36. The summed E-state index contributed by atoms with van der Waals surface area (Å²) in [5.41, 5.74) is 7.47. The molecule has 0 saturated heterocycles. The van der Waals surface area contributed by atoms with Gasteiger partial charge in [-0.25, -0.2) is 0 Å². The van der Waals surface area contributed by atoms with E-state index < -0.39 is 0 Å². The Morgan fingerprint density at radius 1 is 0.944 bits per heavy atom. The fourth-order valence-corrected chi connectivity index (χ4v) is 6.07. The lowest BCUT2D eigenvalue weighted by Gasteiger charge is -2.25. The third-order valence-electron chi connectivity index (χ3n) is 7.87. The van der Waals surface area contributed by atoms with Crippen molar-refractivity contribution in [2.24, 2.45) is 0 Å². The molecule has 3 aromatic rings. The number of H-pyrrole nitrogens is 1. The number of aromatic amines is 1. The quantitative estimate of drug-likeness (QED) is 0.265. The van der Waals surface area contributed by atoms with Crippen molar-refractivity contribution in [3.8, 4) is 0 Å². The van der Waals surface area contributed by atoms with Crippen molar-refractivity contribution >= 4 is 28.2 Å². The lowest BCUT2D eigenvalue weighted by atomic mass is 9.92. The summed E-state index contributed by atoms with van der Waals surface area (Å²) in [5.74, 6) is 0. The SMILES string of the molecule is O=c1ccc2c([nH]1)CCC(NCCCCCCCCNc1c3c(nc4cc(Cl)ccc14)CCCC3)C2. The number of pyridine rings is 2. The molecule has 1 aromatic carbocycles. The molecule has 2 heterocycles. The highest BCUT2D eigenvalue weighted by atomic mass is 35.5. The highest BCUT2D eigenvalue weighted by Gasteiger charge is 2.19. The fraction of sp³-hybridized carbons (Fsp3) is 0.533. The number of aromatic nitrogens is 2. The molecule has 0 saturated carbocycles. The highest BCUT2D eigenvalue weighted by molar-refractivity contribution is 6.31. The third kappa shape index (κ3) is 6.30. The van der Waals surface area contributed by atoms with Crippen LogP contribution in [0.3, 0.4) is 0 Å². The summed E-state index contributed by atoms with van der Waals surface area (Å²) in [5, 5.41) is 9.48. The predicted octanol–water partition coefficient (Wildman–Crippen LogP) is 6.35. The molecule has 3 N–H and O–H groups in total. The monoisotopic (exact) mass is 506 g/mol. The molecule has 1 unspecified atom stereocenters. The van der Waals surface area contributed by atoms with Crippen LogP contribution < -0.4 is 16.2 Å². The van der Waals surface area contributed by atoms with Crippen molar-refractivity contribution in [1.29, 1.82) is 0 Å². The van der Waals surface area contributed by atoms with Crippen molar-refractivity contribution in [3.63, 3.8) is 0 Å². The van der Waals surface area contributed by atoms with Crippen molar-refractivity contribution in [2.45, 2.75) is 89.5 Å². The van der Waals surface area contributed by atoms with Gasteiger partial charge in [0.05, 0.1) is 5.52 Å². The molecule has 0 amide bonds. The van der Waals surface area contributed by atoms with Crippen LogP contribution in [0.25, 0.3) is 10.9 Å². The molecule has 0 fully saturated rings. The smallest absolute Gasteiger partial charge is 0.248 e. The first kappa shape index (κ1) is 25.3. The van der Waals surface area contributed by atoms with Gasteiger partial charge in [0.1, 0.15) is 0 Å². The first-order valence-electron chi connectivity index (χ1n) is 14.0. The number of rotatable bonds is 11. The Hall–Kier alpha value is -2.37. The van der Waals surface area contributed by atoms with Gasteiger partial charge in [0, 0.05) is 46.1 Å². The molecule has 0 bridgehead atoms. The van der Waals surface area contributed by atoms with Gasteiger partial charge in [-0.3, -0.25) is 9.78 Å². The van der Waals surface area contributed by atoms with Gasteiger partial charge in [-0.15, -0.1) is 0 Å². The van der Waals surface area contributed by atoms with Crippen molar-refractivity contribution in [2.75, 3.05) is 18.4 Å². The molecule has 5 rings (SSSR count). The second-order valence-corrected chi connectivity index (χ2v) is 11.0. The summed E-state index contributed by atoms with van der Waals surface area (Å²) >= 11 is 6.25. The Balaban J connectivity index is 0.984. The minimum atomic E-state index is 0.0195. The number of unbranched alkanes of at least 4 members (excludes halogenated alkanes) is 5. The van der Waals surface area contributed by atoms with Crippen LogP contribution in [0.1, 0.15) is 80.3 Å². The van der Waals surface area contributed by atoms with Crippen LogP contribution in [0.5, 0.6) is 0 Å². The summed E-state index contributed by atoms with van der Waals surface area (Å²) < 4.78 is 0. The molecule has 192 valence electrons. The molecular weight excluding hydrogens is 468 g/mol. The number of hydrogen-bond donors (Lipinski definition) is 3. The molecule has 2 aliphatic rings. The molecule has 0 radical (unpaired) electrons. The van der Waals surface area contributed by atoms with Gasteiger partial charge in [0.15, 0.2) is 0 Å². The second-order valence-electron chi connectivity index (χ2n) is 10.5. The van der Waals surface area contributed by atoms with Gasteiger partial charge in [-0.2, -0.15) is 0 Å². The van der Waals surface area contributed by atoms with E-state index in [1.807, 2.05) is 18.2 Å². The zero-order chi connectivity index (χ0) is 24.7. The number of benzene rings is 1. The summed E-state index contributed by atoms with van der Waals surface area (Å²) in [7, 11) is 0. The number of nitrogens with one attached hydrogen (secondary N) is 3. The van der Waals surface area contributed by atoms with Crippen molar-refractivity contribution in [3.05, 3.63) is 68.2 Å². The van der Waals surface area contributed by atoms with Gasteiger partial charge in [-0.05, 0) is 93.7 Å². The van der Waals surface area contributed by atoms with Gasteiger partial charge >= 0.3 is 0 Å². The molecular formula is C30H39ClN4O. The maximum absolute atomic E-state index is 11.5. The zero-order valence-corrected chi connectivity index (χ0v) is 22.1. The Kier molecular flexibility index (Phi) is 8.60. The lowest BCUT2D eigenvalue weighted by molar-refractivity contribution is 0.442. The predicted molar refractivity (Wildman–Crippen MR) is 150 cm³/mol. The molecule has 5 nitrogen and oxygen atoms in total. The number of anilines is 1. The van der Waals surface area contributed by atoms with Crippen LogP contribution in [0.15, 0.2) is 35.1 Å². The van der Waals surface area contributed by atoms with E-state index in [1.54, 1.807) is 6.07 Å². The molecule has 0 spiro atoms. The Morgan fingerprint density at radius 3 is 2.64 bits per heavy atom. The van der Waals surface area contributed by atoms with E-state index in [0.29, 0.717) is 6.04 Å². The average molecular weight is 507 g/mol. The summed E-state index contributed by atoms with van der Waals surface area (Å²) in [4.78, 5) is 19.4. The maximum Gasteiger partial charge on any atom is 0.248 e. The number of fused-ring (bicyclic) bond motifs is 3. The first-order valence-corrected chi connectivity index (χ1v) is 14.3. The molecule has 6 heteroatoms. The number of nitrogens with zero attached hydrogens (tertiary/aromatic N) is 1. The largest absolute Gasteiger partial charge is 0.384 e. The Morgan fingerprint density at radius 2 is 1.75 bits per heavy atom. The van der Waals surface area contributed by atoms with Crippen LogP contribution >= 0.6 is 11.6 Å². The molecule has 36 heavy (non-hydrogen) atoms. The molecule has 2 aliphatic carbocycles. The van der Waals surface area contributed by atoms with E-state index >= 15 is 0 Å². The van der Waals surface area contributed by atoms with Crippen molar-refractivity contribution < 1.29 is 0 Å². The average Bonchev–Trinajstić information content (AvgIpc) is 2.89. The number of aryl methyl sites for hydroxylation is 2. The summed E-state index contributed by atoms with van der Waals surface area (Å²) in [6.45, 7) is 2.11. The van der Waals surface area contributed by atoms with Gasteiger partial charge in [0.25, 0.3) is 0 Å². The first-order chi connectivity index (χ1) is 17.7. The number of halogens is 1. The van der Waals surface area contributed by atoms with Gasteiger partial charge < -0.3 is 15.6 Å². The van der Waals surface area contributed by atoms with Crippen LogP contribution in [0.2, 0.25) is 5.02 Å². The highest BCUT2D eigenvalue weighted by Crippen LogP contribution is 2.34. The van der Waals surface area contributed by atoms with E-state index in [4.69, 9.17) is 16.6 Å².